The van der Waals surface area contributed by atoms with Crippen LogP contribution in [-0.2, 0) is 11.3 Å². The van der Waals surface area contributed by atoms with E-state index >= 15 is 0 Å². The van der Waals surface area contributed by atoms with Crippen LogP contribution < -0.4 is 15.4 Å². The minimum Gasteiger partial charge on any atom is -0.496 e. The second kappa shape index (κ2) is 10.7. The van der Waals surface area contributed by atoms with Crippen molar-refractivity contribution >= 4 is 17.5 Å². The van der Waals surface area contributed by atoms with E-state index in [9.17, 15) is 0 Å². The number of hydrogen-bond donors (Lipinski definition) is 3. The monoisotopic (exact) mass is 434 g/mol. The fraction of sp³-hybridized carbons (Fsp3) is 0.364. The summed E-state index contributed by atoms with van der Waals surface area (Å²) in [6, 6.07) is 8.03. The van der Waals surface area contributed by atoms with E-state index in [2.05, 4.69) is 46.6 Å². The quantitative estimate of drug-likeness (QED) is 0.349. The molecule has 3 heterocycles. The molecule has 0 spiro atoms. The van der Waals surface area contributed by atoms with Crippen LogP contribution in [0.3, 0.4) is 0 Å². The summed E-state index contributed by atoms with van der Waals surface area (Å²) >= 11 is 0. The van der Waals surface area contributed by atoms with E-state index in [4.69, 9.17) is 16.0 Å². The number of aromatic amines is 1. The maximum absolute atomic E-state index is 6.94. The van der Waals surface area contributed by atoms with Gasteiger partial charge in [-0.3, -0.25) is 10.00 Å². The molecule has 0 radical (unpaired) electrons. The van der Waals surface area contributed by atoms with Crippen molar-refractivity contribution in [2.24, 2.45) is 0 Å². The van der Waals surface area contributed by atoms with Gasteiger partial charge in [0.25, 0.3) is 5.82 Å². The van der Waals surface area contributed by atoms with Gasteiger partial charge >= 0.3 is 0 Å². The van der Waals surface area contributed by atoms with E-state index < -0.39 is 0 Å². The van der Waals surface area contributed by atoms with Crippen molar-refractivity contribution in [1.82, 2.24) is 30.4 Å². The zero-order valence-electron chi connectivity index (χ0n) is 18.0. The van der Waals surface area contributed by atoms with Gasteiger partial charge in [0.1, 0.15) is 5.75 Å². The Kier molecular flexibility index (Phi) is 7.24. The molecule has 10 nitrogen and oxygen atoms in total. The molecule has 0 aliphatic carbocycles. The smallest absolute Gasteiger partial charge is 0.288 e. The third kappa shape index (κ3) is 5.59. The lowest BCUT2D eigenvalue weighted by Gasteiger charge is -2.26. The summed E-state index contributed by atoms with van der Waals surface area (Å²) < 4.78 is 11.0. The molecule has 0 unspecified atom stereocenters. The molecule has 0 bridgehead atoms. The fourth-order valence-electron chi connectivity index (χ4n) is 3.46. The standard InChI is InChI=1S/C22H26N8O2/c1-23-21-14-26-22(15-25-21)27-20-12-18(28-29-20)17-4-3-16(11-19(17)31-2)13-24-5-6-30-7-9-32-10-8-30/h3-4,11-12,14-15,24H,5-10,13H2,2H3,(H2,26,27,28,29). The molecule has 3 aromatic rings. The van der Waals surface area contributed by atoms with Crippen LogP contribution in [0.15, 0.2) is 36.7 Å². The summed E-state index contributed by atoms with van der Waals surface area (Å²) in [5.41, 5.74) is 2.89. The molecule has 1 aromatic carbocycles. The second-order valence-electron chi connectivity index (χ2n) is 7.33. The Morgan fingerprint density at radius 2 is 2.06 bits per heavy atom. The molecule has 32 heavy (non-hydrogen) atoms. The molecule has 166 valence electrons. The fourth-order valence-corrected chi connectivity index (χ4v) is 3.46. The van der Waals surface area contributed by atoms with E-state index in [1.54, 1.807) is 7.11 Å². The molecule has 1 fully saturated rings. The zero-order valence-corrected chi connectivity index (χ0v) is 18.0. The summed E-state index contributed by atoms with van der Waals surface area (Å²) in [4.78, 5) is 13.8. The molecule has 4 rings (SSSR count). The van der Waals surface area contributed by atoms with Gasteiger partial charge in [0, 0.05) is 44.4 Å². The lowest BCUT2D eigenvalue weighted by molar-refractivity contribution is 0.0384. The number of morpholine rings is 1. The van der Waals surface area contributed by atoms with Gasteiger partial charge in [-0.1, -0.05) is 12.6 Å². The Bertz CT molecular complexity index is 1050. The highest BCUT2D eigenvalue weighted by atomic mass is 16.5. The first-order chi connectivity index (χ1) is 15.7. The Hall–Kier alpha value is -3.52. The van der Waals surface area contributed by atoms with Gasteiger partial charge in [0.05, 0.1) is 32.2 Å². The Morgan fingerprint density at radius 3 is 2.81 bits per heavy atom. The lowest BCUT2D eigenvalue weighted by Crippen LogP contribution is -2.40. The Balaban J connectivity index is 1.35. The van der Waals surface area contributed by atoms with Crippen molar-refractivity contribution in [3.05, 3.63) is 53.6 Å². The van der Waals surface area contributed by atoms with Gasteiger partial charge in [-0.2, -0.15) is 5.10 Å². The first-order valence-corrected chi connectivity index (χ1v) is 10.4. The molecular weight excluding hydrogens is 408 g/mol. The minimum atomic E-state index is 0.249. The molecule has 0 atom stereocenters. The van der Waals surface area contributed by atoms with Crippen LogP contribution in [0.25, 0.3) is 16.1 Å². The first kappa shape index (κ1) is 21.7. The summed E-state index contributed by atoms with van der Waals surface area (Å²) in [5.74, 6) is 2.13. The van der Waals surface area contributed by atoms with Gasteiger partial charge in [-0.25, -0.2) is 4.98 Å². The van der Waals surface area contributed by atoms with Crippen LogP contribution in [0, 0.1) is 6.57 Å². The predicted octanol–water partition coefficient (Wildman–Crippen LogP) is 2.59. The number of aromatic nitrogens is 4. The molecule has 3 N–H and O–H groups in total. The van der Waals surface area contributed by atoms with Crippen LogP contribution in [0.4, 0.5) is 17.5 Å². The molecule has 2 aromatic heterocycles. The number of anilines is 2. The molecule has 0 saturated carbocycles. The highest BCUT2D eigenvalue weighted by Gasteiger charge is 2.12. The maximum Gasteiger partial charge on any atom is 0.288 e. The van der Waals surface area contributed by atoms with Crippen LogP contribution in [0.5, 0.6) is 5.75 Å². The van der Waals surface area contributed by atoms with E-state index in [1.807, 2.05) is 18.2 Å². The Labute approximate surface area is 186 Å². The highest BCUT2D eigenvalue weighted by Crippen LogP contribution is 2.31. The second-order valence-corrected chi connectivity index (χ2v) is 7.33. The number of methoxy groups -OCH3 is 1. The van der Waals surface area contributed by atoms with Crippen molar-refractivity contribution in [2.45, 2.75) is 6.54 Å². The number of nitrogens with zero attached hydrogens (tertiary/aromatic N) is 5. The molecule has 10 heteroatoms. The minimum absolute atomic E-state index is 0.249. The molecule has 0 amide bonds. The van der Waals surface area contributed by atoms with Crippen molar-refractivity contribution < 1.29 is 9.47 Å². The first-order valence-electron chi connectivity index (χ1n) is 10.4. The summed E-state index contributed by atoms with van der Waals surface area (Å²) in [7, 11) is 1.67. The summed E-state index contributed by atoms with van der Waals surface area (Å²) in [6.45, 7) is 13.3. The molecule has 1 saturated heterocycles. The molecule has 1 aliphatic rings. The predicted molar refractivity (Wildman–Crippen MR) is 121 cm³/mol. The lowest BCUT2D eigenvalue weighted by atomic mass is 10.1. The number of nitrogens with one attached hydrogen (secondary N) is 3. The van der Waals surface area contributed by atoms with E-state index in [0.29, 0.717) is 11.6 Å². The third-order valence-electron chi connectivity index (χ3n) is 5.18. The zero-order chi connectivity index (χ0) is 22.2. The highest BCUT2D eigenvalue weighted by molar-refractivity contribution is 5.71. The molecule has 1 aliphatic heterocycles. The molecular formula is C22H26N8O2. The van der Waals surface area contributed by atoms with E-state index in [-0.39, 0.29) is 5.82 Å². The van der Waals surface area contributed by atoms with Crippen LogP contribution in [-0.4, -0.2) is 71.6 Å². The van der Waals surface area contributed by atoms with Gasteiger partial charge in [-0.15, -0.1) is 4.98 Å². The van der Waals surface area contributed by atoms with Crippen LogP contribution in [0.1, 0.15) is 5.56 Å². The SMILES string of the molecule is [C-]#[N+]c1cnc(Nc2cc(-c3ccc(CNCCN4CCOCC4)cc3OC)[nH]n2)cn1. The number of hydrogen-bond acceptors (Lipinski definition) is 8. The summed E-state index contributed by atoms with van der Waals surface area (Å²) in [5, 5.41) is 13.9. The normalized spacial score (nSPS) is 14.1. The maximum atomic E-state index is 6.94. The number of benzene rings is 1. The topological polar surface area (TPSA) is 105 Å². The van der Waals surface area contributed by atoms with Crippen molar-refractivity contribution in [1.29, 1.82) is 0 Å². The van der Waals surface area contributed by atoms with Crippen LogP contribution in [0.2, 0.25) is 0 Å². The summed E-state index contributed by atoms with van der Waals surface area (Å²) in [6.07, 6.45) is 2.92. The number of rotatable bonds is 9. The van der Waals surface area contributed by atoms with Crippen molar-refractivity contribution in [3.63, 3.8) is 0 Å². The van der Waals surface area contributed by atoms with E-state index in [0.717, 1.165) is 68.5 Å². The Morgan fingerprint density at radius 1 is 1.19 bits per heavy atom. The van der Waals surface area contributed by atoms with Crippen molar-refractivity contribution in [3.8, 4) is 17.0 Å². The average molecular weight is 435 g/mol. The van der Waals surface area contributed by atoms with Gasteiger partial charge in [0.15, 0.2) is 17.8 Å². The average Bonchev–Trinajstić information content (AvgIpc) is 3.31. The van der Waals surface area contributed by atoms with Crippen molar-refractivity contribution in [2.75, 3.05) is 51.8 Å². The van der Waals surface area contributed by atoms with Crippen LogP contribution >= 0.6 is 0 Å². The largest absolute Gasteiger partial charge is 0.496 e. The number of ether oxygens (including phenoxy) is 2. The van der Waals surface area contributed by atoms with Gasteiger partial charge in [-0.05, 0) is 17.7 Å². The third-order valence-corrected chi connectivity index (χ3v) is 5.18. The van der Waals surface area contributed by atoms with Gasteiger partial charge in [0.2, 0.25) is 0 Å². The van der Waals surface area contributed by atoms with E-state index in [1.165, 1.54) is 12.4 Å². The van der Waals surface area contributed by atoms with Gasteiger partial charge < -0.3 is 25.0 Å². The number of H-pyrrole nitrogens is 1.